The van der Waals surface area contributed by atoms with Crippen molar-refractivity contribution in [3.63, 3.8) is 0 Å². The lowest BCUT2D eigenvalue weighted by Crippen LogP contribution is -2.52. The summed E-state index contributed by atoms with van der Waals surface area (Å²) in [6.45, 7) is 5.23. The summed E-state index contributed by atoms with van der Waals surface area (Å²) < 4.78 is 24.0. The molecule has 0 unspecified atom stereocenters. The van der Waals surface area contributed by atoms with Crippen molar-refractivity contribution in [2.75, 3.05) is 45.2 Å². The molecule has 0 bridgehead atoms. The van der Waals surface area contributed by atoms with E-state index >= 15 is 0 Å². The second-order valence-corrected chi connectivity index (χ2v) is 7.07. The fourth-order valence-corrected chi connectivity index (χ4v) is 3.25. The van der Waals surface area contributed by atoms with Gasteiger partial charge in [0.25, 0.3) is 5.91 Å². The average Bonchev–Trinajstić information content (AvgIpc) is 2.79. The first kappa shape index (κ1) is 22.1. The molecule has 1 saturated heterocycles. The molecule has 2 aromatic rings. The van der Waals surface area contributed by atoms with Gasteiger partial charge in [0.15, 0.2) is 18.1 Å². The fourth-order valence-electron chi connectivity index (χ4n) is 3.25. The monoisotopic (exact) mass is 427 g/mol. The van der Waals surface area contributed by atoms with Crippen molar-refractivity contribution >= 4 is 17.6 Å². The van der Waals surface area contributed by atoms with Crippen molar-refractivity contribution in [1.29, 1.82) is 0 Å². The third-order valence-electron chi connectivity index (χ3n) is 4.97. The molecule has 1 N–H and O–H groups in total. The first-order valence-corrected chi connectivity index (χ1v) is 10.00. The molecule has 1 aliphatic heterocycles. The molecule has 164 valence electrons. The second kappa shape index (κ2) is 10.5. The molecule has 7 nitrogen and oxygen atoms in total. The summed E-state index contributed by atoms with van der Waals surface area (Å²) in [5.74, 6) is 0.545. The summed E-state index contributed by atoms with van der Waals surface area (Å²) >= 11 is 0. The molecule has 0 spiro atoms. The lowest BCUT2D eigenvalue weighted by molar-refractivity contribution is -0.134. The number of nitrogens with zero attached hydrogens (tertiary/aromatic N) is 2. The number of piperazine rings is 1. The van der Waals surface area contributed by atoms with Crippen LogP contribution in [0.5, 0.6) is 11.5 Å². The molecule has 0 aromatic heterocycles. The Labute approximate surface area is 181 Å². The van der Waals surface area contributed by atoms with Gasteiger partial charge in [-0.2, -0.15) is 0 Å². The Hall–Kier alpha value is -3.55. The number of allylic oxidation sites excluding steroid dienone is 1. The number of nitrogens with one attached hydrogen (secondary N) is 1. The number of hydrogen-bond donors (Lipinski definition) is 1. The smallest absolute Gasteiger partial charge is 0.321 e. The van der Waals surface area contributed by atoms with E-state index in [1.165, 1.54) is 24.3 Å². The van der Waals surface area contributed by atoms with Crippen molar-refractivity contribution < 1.29 is 23.5 Å². The van der Waals surface area contributed by atoms with Crippen LogP contribution in [0.1, 0.15) is 5.56 Å². The van der Waals surface area contributed by atoms with Crippen molar-refractivity contribution in [1.82, 2.24) is 9.80 Å². The van der Waals surface area contributed by atoms with Crippen LogP contribution in [-0.2, 0) is 11.2 Å². The van der Waals surface area contributed by atoms with E-state index in [9.17, 15) is 14.0 Å². The predicted octanol–water partition coefficient (Wildman–Crippen LogP) is 3.32. The minimum atomic E-state index is -0.363. The molecule has 0 aliphatic carbocycles. The maximum Gasteiger partial charge on any atom is 0.321 e. The van der Waals surface area contributed by atoms with E-state index < -0.39 is 0 Å². The molecule has 8 heteroatoms. The zero-order valence-electron chi connectivity index (χ0n) is 17.5. The number of benzene rings is 2. The van der Waals surface area contributed by atoms with Gasteiger partial charge in [0.2, 0.25) is 0 Å². The highest BCUT2D eigenvalue weighted by Crippen LogP contribution is 2.28. The highest BCUT2D eigenvalue weighted by molar-refractivity contribution is 5.89. The average molecular weight is 427 g/mol. The predicted molar refractivity (Wildman–Crippen MR) is 116 cm³/mol. The van der Waals surface area contributed by atoms with Crippen LogP contribution >= 0.6 is 0 Å². The van der Waals surface area contributed by atoms with Crippen molar-refractivity contribution in [3.05, 3.63) is 66.5 Å². The number of ether oxygens (including phenoxy) is 2. The second-order valence-electron chi connectivity index (χ2n) is 7.07. The number of amides is 3. The Bertz CT molecular complexity index is 925. The number of carbonyl (C=O) groups is 2. The van der Waals surface area contributed by atoms with Gasteiger partial charge < -0.3 is 24.6 Å². The molecular weight excluding hydrogens is 401 g/mol. The van der Waals surface area contributed by atoms with E-state index in [-0.39, 0.29) is 24.4 Å². The number of carbonyl (C=O) groups excluding carboxylic acids is 2. The van der Waals surface area contributed by atoms with Crippen LogP contribution in [0.15, 0.2) is 55.1 Å². The van der Waals surface area contributed by atoms with Gasteiger partial charge >= 0.3 is 6.03 Å². The first-order valence-electron chi connectivity index (χ1n) is 10.00. The maximum atomic E-state index is 13.0. The van der Waals surface area contributed by atoms with E-state index in [0.717, 1.165) is 5.56 Å². The van der Waals surface area contributed by atoms with E-state index in [1.807, 2.05) is 12.1 Å². The number of urea groups is 1. The van der Waals surface area contributed by atoms with Gasteiger partial charge in [-0.05, 0) is 48.4 Å². The fraction of sp³-hybridized carbons (Fsp3) is 0.304. The molecule has 3 amide bonds. The Balaban J connectivity index is 1.47. The van der Waals surface area contributed by atoms with E-state index in [4.69, 9.17) is 9.47 Å². The van der Waals surface area contributed by atoms with Gasteiger partial charge in [0.1, 0.15) is 5.82 Å². The summed E-state index contributed by atoms with van der Waals surface area (Å²) in [6.07, 6.45) is 2.52. The molecule has 31 heavy (non-hydrogen) atoms. The molecule has 1 heterocycles. The molecule has 0 atom stereocenters. The number of methoxy groups -OCH3 is 1. The molecule has 1 fully saturated rings. The van der Waals surface area contributed by atoms with Gasteiger partial charge in [-0.25, -0.2) is 9.18 Å². The molecule has 0 radical (unpaired) electrons. The Morgan fingerprint density at radius 3 is 2.39 bits per heavy atom. The van der Waals surface area contributed by atoms with Gasteiger partial charge in [0, 0.05) is 31.9 Å². The quantitative estimate of drug-likeness (QED) is 0.689. The third kappa shape index (κ3) is 5.97. The standard InChI is InChI=1S/C23H26FN3O4/c1-3-4-17-5-10-20(21(15-17)30-2)31-16-22(28)26-11-13-27(14-12-26)23(29)25-19-8-6-18(24)7-9-19/h3,5-10,15H,1,4,11-14,16H2,2H3,(H,25,29). The minimum Gasteiger partial charge on any atom is -0.493 e. The van der Waals surface area contributed by atoms with Crippen LogP contribution in [-0.4, -0.2) is 61.6 Å². The summed E-state index contributed by atoms with van der Waals surface area (Å²) in [5, 5.41) is 2.73. The maximum absolute atomic E-state index is 13.0. The van der Waals surface area contributed by atoms with Crippen molar-refractivity contribution in [3.8, 4) is 11.5 Å². The molecule has 1 aliphatic rings. The van der Waals surface area contributed by atoms with Gasteiger partial charge in [-0.15, -0.1) is 6.58 Å². The third-order valence-corrected chi connectivity index (χ3v) is 4.97. The highest BCUT2D eigenvalue weighted by atomic mass is 19.1. The van der Waals surface area contributed by atoms with Crippen LogP contribution in [0.2, 0.25) is 0 Å². The molecule has 0 saturated carbocycles. The molecule has 3 rings (SSSR count). The normalized spacial score (nSPS) is 13.5. The SMILES string of the molecule is C=CCc1ccc(OCC(=O)N2CCN(C(=O)Nc3ccc(F)cc3)CC2)c(OC)c1. The Morgan fingerprint density at radius 1 is 1.06 bits per heavy atom. The van der Waals surface area contributed by atoms with Gasteiger partial charge in [-0.1, -0.05) is 12.1 Å². The molecule has 2 aromatic carbocycles. The lowest BCUT2D eigenvalue weighted by atomic mass is 10.1. The van der Waals surface area contributed by atoms with Gasteiger partial charge in [-0.3, -0.25) is 4.79 Å². The summed E-state index contributed by atoms with van der Waals surface area (Å²) in [6, 6.07) is 10.8. The van der Waals surface area contributed by atoms with Crippen molar-refractivity contribution in [2.24, 2.45) is 0 Å². The molecular formula is C23H26FN3O4. The summed E-state index contributed by atoms with van der Waals surface area (Å²) in [4.78, 5) is 28.2. The number of halogens is 1. The Morgan fingerprint density at radius 2 is 1.74 bits per heavy atom. The topological polar surface area (TPSA) is 71.1 Å². The van der Waals surface area contributed by atoms with Crippen LogP contribution in [0.4, 0.5) is 14.9 Å². The zero-order chi connectivity index (χ0) is 22.2. The van der Waals surface area contributed by atoms with E-state index in [2.05, 4.69) is 11.9 Å². The zero-order valence-corrected chi connectivity index (χ0v) is 17.5. The minimum absolute atomic E-state index is 0.112. The van der Waals surface area contributed by atoms with Crippen LogP contribution < -0.4 is 14.8 Å². The van der Waals surface area contributed by atoms with E-state index in [0.29, 0.717) is 49.8 Å². The van der Waals surface area contributed by atoms with Crippen LogP contribution in [0.3, 0.4) is 0 Å². The Kier molecular flexibility index (Phi) is 7.48. The van der Waals surface area contributed by atoms with E-state index in [1.54, 1.807) is 29.1 Å². The lowest BCUT2D eigenvalue weighted by Gasteiger charge is -2.34. The number of rotatable bonds is 7. The summed E-state index contributed by atoms with van der Waals surface area (Å²) in [5.41, 5.74) is 1.56. The number of anilines is 1. The number of hydrogen-bond acceptors (Lipinski definition) is 4. The van der Waals surface area contributed by atoms with Crippen LogP contribution in [0.25, 0.3) is 0 Å². The largest absolute Gasteiger partial charge is 0.493 e. The van der Waals surface area contributed by atoms with Gasteiger partial charge in [0.05, 0.1) is 7.11 Å². The van der Waals surface area contributed by atoms with Crippen LogP contribution in [0, 0.1) is 5.82 Å². The summed E-state index contributed by atoms with van der Waals surface area (Å²) in [7, 11) is 1.55. The van der Waals surface area contributed by atoms with Crippen molar-refractivity contribution in [2.45, 2.75) is 6.42 Å². The first-order chi connectivity index (χ1) is 15.0. The highest BCUT2D eigenvalue weighted by Gasteiger charge is 2.24.